The highest BCUT2D eigenvalue weighted by molar-refractivity contribution is 6.30. The summed E-state index contributed by atoms with van der Waals surface area (Å²) >= 11 is 5.93. The van der Waals surface area contributed by atoms with Crippen molar-refractivity contribution in [3.63, 3.8) is 0 Å². The molecule has 0 saturated heterocycles. The Hall–Kier alpha value is -1.39. The zero-order chi connectivity index (χ0) is 10.8. The van der Waals surface area contributed by atoms with Gasteiger partial charge in [-0.1, -0.05) is 17.7 Å². The third-order valence-corrected chi connectivity index (χ3v) is 2.41. The molecule has 0 spiro atoms. The summed E-state index contributed by atoms with van der Waals surface area (Å²) in [4.78, 5) is 0. The largest absolute Gasteiger partial charge is 0.392 e. The molecule has 1 aromatic heterocycles. The quantitative estimate of drug-likeness (QED) is 0.852. The van der Waals surface area contributed by atoms with Crippen LogP contribution in [0.15, 0.2) is 30.5 Å². The van der Waals surface area contributed by atoms with Crippen molar-refractivity contribution in [2.75, 3.05) is 0 Å². The van der Waals surface area contributed by atoms with Crippen molar-refractivity contribution in [2.45, 2.75) is 6.61 Å². The molecular weight excluding hydrogens is 219 g/mol. The highest BCUT2D eigenvalue weighted by atomic mass is 35.5. The van der Waals surface area contributed by atoms with E-state index in [2.05, 4.69) is 5.10 Å². The number of rotatable bonds is 2. The SMILES string of the molecule is OCc1cnn(-c2cccc(F)c2)c1Cl. The molecule has 0 amide bonds. The van der Waals surface area contributed by atoms with Crippen LogP contribution in [0.3, 0.4) is 0 Å². The summed E-state index contributed by atoms with van der Waals surface area (Å²) in [6.07, 6.45) is 1.45. The standard InChI is InChI=1S/C10H8ClFN2O/c11-10-7(6-15)5-13-14(10)9-3-1-2-8(12)4-9/h1-5,15H,6H2. The molecule has 1 N–H and O–H groups in total. The van der Waals surface area contributed by atoms with Crippen LogP contribution in [0.1, 0.15) is 5.56 Å². The van der Waals surface area contributed by atoms with Gasteiger partial charge in [0.05, 0.1) is 18.5 Å². The zero-order valence-corrected chi connectivity index (χ0v) is 8.45. The van der Waals surface area contributed by atoms with Gasteiger partial charge in [0.15, 0.2) is 0 Å². The van der Waals surface area contributed by atoms with Gasteiger partial charge in [0.25, 0.3) is 0 Å². The Balaban J connectivity index is 2.49. The second kappa shape index (κ2) is 4.00. The molecule has 2 rings (SSSR count). The Morgan fingerprint density at radius 1 is 1.47 bits per heavy atom. The van der Waals surface area contributed by atoms with Crippen LogP contribution in [0.5, 0.6) is 0 Å². The minimum absolute atomic E-state index is 0.186. The maximum Gasteiger partial charge on any atom is 0.138 e. The molecule has 15 heavy (non-hydrogen) atoms. The van der Waals surface area contributed by atoms with Crippen LogP contribution in [0.4, 0.5) is 4.39 Å². The molecule has 0 aliphatic rings. The minimum atomic E-state index is -0.357. The lowest BCUT2D eigenvalue weighted by molar-refractivity contribution is 0.282. The lowest BCUT2D eigenvalue weighted by Crippen LogP contribution is -1.96. The fourth-order valence-electron chi connectivity index (χ4n) is 1.26. The molecule has 1 heterocycles. The first-order valence-electron chi connectivity index (χ1n) is 4.31. The smallest absolute Gasteiger partial charge is 0.138 e. The highest BCUT2D eigenvalue weighted by Crippen LogP contribution is 2.20. The number of nitrogens with zero attached hydrogens (tertiary/aromatic N) is 2. The number of aliphatic hydroxyl groups is 1. The average Bonchev–Trinajstić information content (AvgIpc) is 2.59. The van der Waals surface area contributed by atoms with Crippen LogP contribution in [-0.2, 0) is 6.61 Å². The predicted molar refractivity (Wildman–Crippen MR) is 54.5 cm³/mol. The summed E-state index contributed by atoms with van der Waals surface area (Å²) in [6, 6.07) is 5.91. The Morgan fingerprint density at radius 3 is 2.87 bits per heavy atom. The van der Waals surface area contributed by atoms with E-state index in [9.17, 15) is 4.39 Å². The summed E-state index contributed by atoms with van der Waals surface area (Å²) in [6.45, 7) is -0.186. The first-order chi connectivity index (χ1) is 7.22. The van der Waals surface area contributed by atoms with Gasteiger partial charge in [0, 0.05) is 5.56 Å². The van der Waals surface area contributed by atoms with E-state index >= 15 is 0 Å². The molecule has 0 atom stereocenters. The van der Waals surface area contributed by atoms with Gasteiger partial charge in [-0.15, -0.1) is 0 Å². The van der Waals surface area contributed by atoms with E-state index in [0.717, 1.165) is 0 Å². The van der Waals surface area contributed by atoms with Gasteiger partial charge >= 0.3 is 0 Å². The van der Waals surface area contributed by atoms with Gasteiger partial charge in [-0.3, -0.25) is 0 Å². The van der Waals surface area contributed by atoms with Crippen LogP contribution >= 0.6 is 11.6 Å². The van der Waals surface area contributed by atoms with Crippen molar-refractivity contribution >= 4 is 11.6 Å². The molecule has 0 radical (unpaired) electrons. The van der Waals surface area contributed by atoms with E-state index < -0.39 is 0 Å². The average molecular weight is 227 g/mol. The molecule has 3 nitrogen and oxygen atoms in total. The topological polar surface area (TPSA) is 38.1 Å². The van der Waals surface area contributed by atoms with E-state index in [-0.39, 0.29) is 12.4 Å². The van der Waals surface area contributed by atoms with E-state index in [1.165, 1.54) is 23.0 Å². The number of hydrogen-bond donors (Lipinski definition) is 1. The minimum Gasteiger partial charge on any atom is -0.392 e. The van der Waals surface area contributed by atoms with Gasteiger partial charge in [-0.05, 0) is 18.2 Å². The fraction of sp³-hybridized carbons (Fsp3) is 0.100. The zero-order valence-electron chi connectivity index (χ0n) is 7.69. The molecule has 0 aliphatic carbocycles. The van der Waals surface area contributed by atoms with E-state index in [0.29, 0.717) is 16.4 Å². The van der Waals surface area contributed by atoms with Crippen molar-refractivity contribution < 1.29 is 9.50 Å². The molecule has 0 aliphatic heterocycles. The molecule has 2 aromatic rings. The van der Waals surface area contributed by atoms with Gasteiger partial charge in [0.1, 0.15) is 11.0 Å². The maximum absolute atomic E-state index is 12.9. The van der Waals surface area contributed by atoms with E-state index in [1.54, 1.807) is 12.1 Å². The summed E-state index contributed by atoms with van der Waals surface area (Å²) in [5, 5.41) is 13.2. The van der Waals surface area contributed by atoms with Crippen LogP contribution in [0.2, 0.25) is 5.15 Å². The van der Waals surface area contributed by atoms with Crippen LogP contribution in [0.25, 0.3) is 5.69 Å². The Bertz CT molecular complexity index is 484. The third kappa shape index (κ3) is 1.86. The lowest BCUT2D eigenvalue weighted by atomic mass is 10.3. The van der Waals surface area contributed by atoms with Crippen molar-refractivity contribution in [1.29, 1.82) is 0 Å². The van der Waals surface area contributed by atoms with Crippen LogP contribution in [0, 0.1) is 5.82 Å². The first-order valence-corrected chi connectivity index (χ1v) is 4.69. The van der Waals surface area contributed by atoms with Crippen molar-refractivity contribution in [3.8, 4) is 5.69 Å². The Kier molecular flexibility index (Phi) is 2.70. The molecule has 0 saturated carbocycles. The molecule has 0 bridgehead atoms. The van der Waals surface area contributed by atoms with Crippen LogP contribution in [-0.4, -0.2) is 14.9 Å². The number of halogens is 2. The lowest BCUT2D eigenvalue weighted by Gasteiger charge is -2.02. The molecular formula is C10H8ClFN2O. The molecule has 0 fully saturated rings. The highest BCUT2D eigenvalue weighted by Gasteiger charge is 2.09. The molecule has 0 unspecified atom stereocenters. The first kappa shape index (κ1) is 10.1. The summed E-state index contributed by atoms with van der Waals surface area (Å²) in [5.74, 6) is -0.357. The number of aromatic nitrogens is 2. The summed E-state index contributed by atoms with van der Waals surface area (Å²) < 4.78 is 14.3. The number of aliphatic hydroxyl groups excluding tert-OH is 1. The van der Waals surface area contributed by atoms with Crippen molar-refractivity contribution in [1.82, 2.24) is 9.78 Å². The van der Waals surface area contributed by atoms with Gasteiger partial charge < -0.3 is 5.11 Å². The maximum atomic E-state index is 12.9. The second-order valence-electron chi connectivity index (χ2n) is 3.01. The normalized spacial score (nSPS) is 10.6. The summed E-state index contributed by atoms with van der Waals surface area (Å²) in [7, 11) is 0. The summed E-state index contributed by atoms with van der Waals surface area (Å²) in [5.41, 5.74) is 1.04. The molecule has 1 aromatic carbocycles. The van der Waals surface area contributed by atoms with Crippen molar-refractivity contribution in [2.24, 2.45) is 0 Å². The van der Waals surface area contributed by atoms with Gasteiger partial charge in [-0.25, -0.2) is 9.07 Å². The Labute approximate surface area is 90.7 Å². The molecule has 5 heteroatoms. The number of benzene rings is 1. The number of hydrogen-bond acceptors (Lipinski definition) is 2. The van der Waals surface area contributed by atoms with Gasteiger partial charge in [0.2, 0.25) is 0 Å². The second-order valence-corrected chi connectivity index (χ2v) is 3.37. The van der Waals surface area contributed by atoms with Gasteiger partial charge in [-0.2, -0.15) is 5.10 Å². The monoisotopic (exact) mass is 226 g/mol. The van der Waals surface area contributed by atoms with Crippen LogP contribution < -0.4 is 0 Å². The van der Waals surface area contributed by atoms with E-state index in [1.807, 2.05) is 0 Å². The third-order valence-electron chi connectivity index (χ3n) is 2.00. The van der Waals surface area contributed by atoms with Crippen molar-refractivity contribution in [3.05, 3.63) is 47.0 Å². The predicted octanol–water partition coefficient (Wildman–Crippen LogP) is 2.16. The Morgan fingerprint density at radius 2 is 2.27 bits per heavy atom. The molecule has 78 valence electrons. The fourth-order valence-corrected chi connectivity index (χ4v) is 1.51. The van der Waals surface area contributed by atoms with E-state index in [4.69, 9.17) is 16.7 Å².